The largest absolute Gasteiger partial charge is 0.454 e. The minimum absolute atomic E-state index is 0.185. The predicted molar refractivity (Wildman–Crippen MR) is 89.3 cm³/mol. The summed E-state index contributed by atoms with van der Waals surface area (Å²) in [4.78, 5) is 23.7. The average molecular weight is 368 g/mol. The van der Waals surface area contributed by atoms with Crippen molar-refractivity contribution < 1.29 is 9.53 Å². The van der Waals surface area contributed by atoms with E-state index in [0.717, 1.165) is 16.4 Å². The van der Waals surface area contributed by atoms with Gasteiger partial charge in [0.15, 0.2) is 11.8 Å². The van der Waals surface area contributed by atoms with Gasteiger partial charge in [-0.1, -0.05) is 20.8 Å². The number of nitrogens with one attached hydrogen (secondary N) is 1. The van der Waals surface area contributed by atoms with Crippen LogP contribution in [0.15, 0.2) is 16.7 Å². The molecule has 2 aromatic rings. The van der Waals surface area contributed by atoms with E-state index in [0.29, 0.717) is 29.7 Å². The van der Waals surface area contributed by atoms with Crippen LogP contribution in [0, 0.1) is 11.8 Å². The third-order valence-corrected chi connectivity index (χ3v) is 3.84. The Hall–Kier alpha value is -1.43. The number of hydrogen-bond donors (Lipinski definition) is 1. The number of carbonyl (C=O) groups is 1. The maximum atomic E-state index is 12.0. The van der Waals surface area contributed by atoms with E-state index >= 15 is 0 Å². The number of imidazole rings is 1. The maximum absolute atomic E-state index is 12.0. The predicted octanol–water partition coefficient (Wildman–Crippen LogP) is 4.40. The number of carbonyl (C=O) groups excluding carboxylic acids is 1. The second kappa shape index (κ2) is 7.22. The number of aromatic nitrogens is 3. The Morgan fingerprint density at radius 3 is 2.77 bits per heavy atom. The van der Waals surface area contributed by atoms with E-state index < -0.39 is 6.10 Å². The monoisotopic (exact) mass is 367 g/mol. The molecule has 0 bridgehead atoms. The normalized spacial score (nSPS) is 14.3. The van der Waals surface area contributed by atoms with Gasteiger partial charge in [0.2, 0.25) is 0 Å². The van der Waals surface area contributed by atoms with Crippen LogP contribution in [-0.2, 0) is 9.53 Å². The lowest BCUT2D eigenvalue weighted by atomic mass is 9.96. The van der Waals surface area contributed by atoms with E-state index in [9.17, 15) is 4.79 Å². The molecule has 0 fully saturated rings. The van der Waals surface area contributed by atoms with Crippen LogP contribution >= 0.6 is 15.9 Å². The molecule has 5 nitrogen and oxygen atoms in total. The van der Waals surface area contributed by atoms with Gasteiger partial charge in [0.1, 0.15) is 5.82 Å². The highest BCUT2D eigenvalue weighted by Crippen LogP contribution is 2.22. The molecule has 120 valence electrons. The quantitative estimate of drug-likeness (QED) is 0.768. The summed E-state index contributed by atoms with van der Waals surface area (Å²) in [5.74, 6) is 1.34. The van der Waals surface area contributed by atoms with Gasteiger partial charge in [-0.2, -0.15) is 0 Å². The minimum atomic E-state index is -0.410. The second-order valence-electron chi connectivity index (χ2n) is 6.22. The van der Waals surface area contributed by atoms with Crippen LogP contribution in [-0.4, -0.2) is 20.9 Å². The average Bonchev–Trinajstić information content (AvgIpc) is 2.80. The van der Waals surface area contributed by atoms with Gasteiger partial charge in [0.05, 0.1) is 5.52 Å². The number of H-pyrrole nitrogens is 1. The molecule has 22 heavy (non-hydrogen) atoms. The summed E-state index contributed by atoms with van der Waals surface area (Å²) in [6.07, 6.45) is 2.74. The first-order valence-electron chi connectivity index (χ1n) is 7.55. The smallest absolute Gasteiger partial charge is 0.306 e. The molecule has 0 saturated heterocycles. The third kappa shape index (κ3) is 4.53. The van der Waals surface area contributed by atoms with Crippen molar-refractivity contribution in [1.82, 2.24) is 15.0 Å². The zero-order valence-corrected chi connectivity index (χ0v) is 15.0. The molecule has 2 rings (SSSR count). The summed E-state index contributed by atoms with van der Waals surface area (Å²) in [6.45, 7) is 8.21. The highest BCUT2D eigenvalue weighted by Gasteiger charge is 2.18. The summed E-state index contributed by atoms with van der Waals surface area (Å²) >= 11 is 3.37. The fourth-order valence-electron chi connectivity index (χ4n) is 2.56. The Balaban J connectivity index is 1.98. The molecule has 2 unspecified atom stereocenters. The first-order chi connectivity index (χ1) is 10.3. The summed E-state index contributed by atoms with van der Waals surface area (Å²) in [6, 6.07) is 1.90. The molecular weight excluding hydrogens is 346 g/mol. The van der Waals surface area contributed by atoms with E-state index in [1.807, 2.05) is 13.0 Å². The van der Waals surface area contributed by atoms with E-state index in [-0.39, 0.29) is 5.97 Å². The van der Waals surface area contributed by atoms with E-state index in [1.54, 1.807) is 6.20 Å². The molecule has 0 radical (unpaired) electrons. The lowest BCUT2D eigenvalue weighted by Crippen LogP contribution is -2.14. The Kier molecular flexibility index (Phi) is 5.56. The number of fused-ring (bicyclic) bond motifs is 1. The molecule has 6 heteroatoms. The molecular formula is C16H22BrN3O2. The molecule has 0 spiro atoms. The number of hydrogen-bond acceptors (Lipinski definition) is 4. The van der Waals surface area contributed by atoms with Crippen LogP contribution in [0.3, 0.4) is 0 Å². The molecule has 0 saturated carbocycles. The summed E-state index contributed by atoms with van der Waals surface area (Å²) in [5, 5.41) is 0. The van der Waals surface area contributed by atoms with Gasteiger partial charge in [-0.3, -0.25) is 4.79 Å². The molecule has 1 N–H and O–H groups in total. The molecule has 0 aliphatic heterocycles. The SMILES string of the molecule is CC(C)CC(C)CC(=O)OC(C)c1nc2ncc(Br)cc2[nH]1. The van der Waals surface area contributed by atoms with Crippen molar-refractivity contribution in [3.63, 3.8) is 0 Å². The summed E-state index contributed by atoms with van der Waals surface area (Å²) in [7, 11) is 0. The Labute approximate surface area is 139 Å². The Morgan fingerprint density at radius 1 is 1.36 bits per heavy atom. The number of nitrogens with zero attached hydrogens (tertiary/aromatic N) is 2. The van der Waals surface area contributed by atoms with Crippen molar-refractivity contribution in [2.45, 2.75) is 46.6 Å². The van der Waals surface area contributed by atoms with Gasteiger partial charge in [0, 0.05) is 17.1 Å². The third-order valence-electron chi connectivity index (χ3n) is 3.40. The molecule has 0 aliphatic rings. The van der Waals surface area contributed by atoms with Crippen LogP contribution in [0.4, 0.5) is 0 Å². The van der Waals surface area contributed by atoms with Crippen LogP contribution in [0.2, 0.25) is 0 Å². The van der Waals surface area contributed by atoms with E-state index in [1.165, 1.54) is 0 Å². The number of halogens is 1. The second-order valence-corrected chi connectivity index (χ2v) is 7.13. The number of esters is 1. The molecule has 2 aromatic heterocycles. The first kappa shape index (κ1) is 16.9. The summed E-state index contributed by atoms with van der Waals surface area (Å²) in [5.41, 5.74) is 1.44. The van der Waals surface area contributed by atoms with E-state index in [2.05, 4.69) is 51.7 Å². The lowest BCUT2D eigenvalue weighted by molar-refractivity contribution is -0.150. The minimum Gasteiger partial charge on any atom is -0.454 e. The van der Waals surface area contributed by atoms with Crippen LogP contribution in [0.25, 0.3) is 11.2 Å². The van der Waals surface area contributed by atoms with Crippen molar-refractivity contribution in [2.75, 3.05) is 0 Å². The van der Waals surface area contributed by atoms with Gasteiger partial charge in [-0.05, 0) is 47.2 Å². The topological polar surface area (TPSA) is 67.9 Å². The zero-order valence-electron chi connectivity index (χ0n) is 13.4. The molecule has 0 amide bonds. The van der Waals surface area contributed by atoms with Crippen LogP contribution in [0.1, 0.15) is 52.5 Å². The van der Waals surface area contributed by atoms with Crippen molar-refractivity contribution in [3.05, 3.63) is 22.6 Å². The number of rotatable bonds is 6. The van der Waals surface area contributed by atoms with E-state index in [4.69, 9.17) is 4.74 Å². The van der Waals surface area contributed by atoms with Crippen LogP contribution < -0.4 is 0 Å². The van der Waals surface area contributed by atoms with Crippen LogP contribution in [0.5, 0.6) is 0 Å². The Bertz CT molecular complexity index is 654. The van der Waals surface area contributed by atoms with Gasteiger partial charge < -0.3 is 9.72 Å². The molecule has 2 heterocycles. The van der Waals surface area contributed by atoms with Gasteiger partial charge in [0.25, 0.3) is 0 Å². The van der Waals surface area contributed by atoms with Crippen molar-refractivity contribution >= 4 is 33.1 Å². The highest BCUT2D eigenvalue weighted by molar-refractivity contribution is 9.10. The Morgan fingerprint density at radius 2 is 2.09 bits per heavy atom. The standard InChI is InChI=1S/C16H22BrN3O2/c1-9(2)5-10(3)6-14(21)22-11(4)15-19-13-7-12(17)8-18-16(13)20-15/h7-11H,5-6H2,1-4H3,(H,18,19,20). The lowest BCUT2D eigenvalue weighted by Gasteiger charge is -2.15. The number of ether oxygens (including phenoxy) is 1. The number of pyridine rings is 1. The van der Waals surface area contributed by atoms with Gasteiger partial charge >= 0.3 is 5.97 Å². The fourth-order valence-corrected chi connectivity index (χ4v) is 2.89. The first-order valence-corrected chi connectivity index (χ1v) is 8.35. The summed E-state index contributed by atoms with van der Waals surface area (Å²) < 4.78 is 6.35. The number of aromatic amines is 1. The van der Waals surface area contributed by atoms with Crippen molar-refractivity contribution in [2.24, 2.45) is 11.8 Å². The molecule has 0 aromatic carbocycles. The molecule has 2 atom stereocenters. The fraction of sp³-hybridized carbons (Fsp3) is 0.562. The van der Waals surface area contributed by atoms with Crippen molar-refractivity contribution in [1.29, 1.82) is 0 Å². The van der Waals surface area contributed by atoms with Gasteiger partial charge in [-0.15, -0.1) is 0 Å². The maximum Gasteiger partial charge on any atom is 0.306 e. The zero-order chi connectivity index (χ0) is 16.3. The molecule has 0 aliphatic carbocycles. The van der Waals surface area contributed by atoms with Crippen molar-refractivity contribution in [3.8, 4) is 0 Å². The highest BCUT2D eigenvalue weighted by atomic mass is 79.9. The van der Waals surface area contributed by atoms with Gasteiger partial charge in [-0.25, -0.2) is 9.97 Å².